The van der Waals surface area contributed by atoms with Crippen LogP contribution in [0.2, 0.25) is 0 Å². The van der Waals surface area contributed by atoms with Crippen molar-refractivity contribution in [2.24, 2.45) is 0 Å². The summed E-state index contributed by atoms with van der Waals surface area (Å²) in [6.07, 6.45) is 1.49. The van der Waals surface area contributed by atoms with Crippen molar-refractivity contribution in [2.75, 3.05) is 5.73 Å². The van der Waals surface area contributed by atoms with Crippen molar-refractivity contribution in [3.05, 3.63) is 42.1 Å². The third-order valence-electron chi connectivity index (χ3n) is 2.61. The van der Waals surface area contributed by atoms with Crippen LogP contribution in [0.15, 0.2) is 34.9 Å². The summed E-state index contributed by atoms with van der Waals surface area (Å²) in [7, 11) is 0. The maximum atomic E-state index is 12.2. The van der Waals surface area contributed by atoms with E-state index in [4.69, 9.17) is 10.2 Å². The minimum atomic E-state index is -0.434. The van der Waals surface area contributed by atoms with Crippen molar-refractivity contribution < 1.29 is 9.21 Å². The number of carbonyl (C=O) groups is 1. The summed E-state index contributed by atoms with van der Waals surface area (Å²) in [5, 5.41) is 4.75. The number of rotatable bonds is 1. The zero-order valence-electron chi connectivity index (χ0n) is 9.62. The molecule has 3 aromatic rings. The summed E-state index contributed by atoms with van der Waals surface area (Å²) in [5.41, 5.74) is 6.40. The normalized spacial score (nSPS) is 10.9. The second-order valence-electron chi connectivity index (χ2n) is 3.90. The van der Waals surface area contributed by atoms with Crippen LogP contribution in [0.1, 0.15) is 16.4 Å². The second kappa shape index (κ2) is 3.69. The Kier molecular flexibility index (Phi) is 2.16. The number of nitrogen functional groups attached to an aromatic ring is 1. The van der Waals surface area contributed by atoms with Gasteiger partial charge in [-0.1, -0.05) is 12.1 Å². The van der Waals surface area contributed by atoms with Crippen LogP contribution in [0.25, 0.3) is 10.9 Å². The molecule has 0 saturated carbocycles. The molecule has 0 aliphatic rings. The molecule has 2 aromatic heterocycles. The Balaban J connectivity index is 2.18. The molecule has 1 aromatic carbocycles. The van der Waals surface area contributed by atoms with Gasteiger partial charge in [-0.25, -0.2) is 4.98 Å². The summed E-state index contributed by atoms with van der Waals surface area (Å²) >= 11 is 0. The fourth-order valence-corrected chi connectivity index (χ4v) is 1.79. The summed E-state index contributed by atoms with van der Waals surface area (Å²) in [5.74, 6) is 0.446. The van der Waals surface area contributed by atoms with Crippen LogP contribution in [0.3, 0.4) is 0 Å². The van der Waals surface area contributed by atoms with E-state index < -0.39 is 5.91 Å². The van der Waals surface area contributed by atoms with Crippen molar-refractivity contribution in [1.82, 2.24) is 14.8 Å². The number of carbonyl (C=O) groups excluding carboxylic acids is 1. The van der Waals surface area contributed by atoms with E-state index in [1.54, 1.807) is 13.0 Å². The van der Waals surface area contributed by atoms with Crippen LogP contribution in [0.5, 0.6) is 0 Å². The predicted octanol–water partition coefficient (Wildman–Crippen LogP) is 1.60. The summed E-state index contributed by atoms with van der Waals surface area (Å²) in [6, 6.07) is 7.23. The van der Waals surface area contributed by atoms with E-state index in [0.29, 0.717) is 17.1 Å². The fourth-order valence-electron chi connectivity index (χ4n) is 1.79. The first-order chi connectivity index (χ1) is 8.66. The lowest BCUT2D eigenvalue weighted by atomic mass is 10.2. The molecule has 6 heteroatoms. The molecule has 0 atom stereocenters. The number of hydrogen-bond donors (Lipinski definition) is 1. The predicted molar refractivity (Wildman–Crippen MR) is 65.1 cm³/mol. The highest BCUT2D eigenvalue weighted by molar-refractivity contribution is 6.01. The average Bonchev–Trinajstić information content (AvgIpc) is 2.94. The Morgan fingerprint density at radius 1 is 1.39 bits per heavy atom. The Bertz CT molecular complexity index is 741. The first kappa shape index (κ1) is 10.5. The SMILES string of the molecule is Cc1cnc(C(=O)n2nc(N)c3ccccc32)o1. The Hall–Kier alpha value is -2.63. The van der Waals surface area contributed by atoms with Crippen molar-refractivity contribution in [3.8, 4) is 0 Å². The van der Waals surface area contributed by atoms with Crippen LogP contribution >= 0.6 is 0 Å². The molecule has 6 nitrogen and oxygen atoms in total. The highest BCUT2D eigenvalue weighted by Crippen LogP contribution is 2.20. The van der Waals surface area contributed by atoms with Crippen LogP contribution in [-0.2, 0) is 0 Å². The molecule has 0 amide bonds. The van der Waals surface area contributed by atoms with Crippen molar-refractivity contribution in [3.63, 3.8) is 0 Å². The highest BCUT2D eigenvalue weighted by atomic mass is 16.4. The molecule has 0 saturated heterocycles. The van der Waals surface area contributed by atoms with Crippen molar-refractivity contribution in [1.29, 1.82) is 0 Å². The highest BCUT2D eigenvalue weighted by Gasteiger charge is 2.19. The Morgan fingerprint density at radius 3 is 2.89 bits per heavy atom. The van der Waals surface area contributed by atoms with Gasteiger partial charge in [0.1, 0.15) is 5.76 Å². The first-order valence-corrected chi connectivity index (χ1v) is 5.37. The number of benzene rings is 1. The average molecular weight is 242 g/mol. The smallest absolute Gasteiger partial charge is 0.334 e. The van der Waals surface area contributed by atoms with Crippen molar-refractivity contribution >= 4 is 22.6 Å². The van der Waals surface area contributed by atoms with Gasteiger partial charge >= 0.3 is 5.91 Å². The second-order valence-corrected chi connectivity index (χ2v) is 3.90. The van der Waals surface area contributed by atoms with E-state index in [0.717, 1.165) is 5.39 Å². The monoisotopic (exact) mass is 242 g/mol. The lowest BCUT2D eigenvalue weighted by Gasteiger charge is -1.97. The third kappa shape index (κ3) is 1.46. The largest absolute Gasteiger partial charge is 0.438 e. The van der Waals surface area contributed by atoms with Gasteiger partial charge in [0.2, 0.25) is 0 Å². The molecule has 90 valence electrons. The first-order valence-electron chi connectivity index (χ1n) is 5.37. The van der Waals surface area contributed by atoms with Gasteiger partial charge in [-0.05, 0) is 19.1 Å². The van der Waals surface area contributed by atoms with Gasteiger partial charge in [-0.15, -0.1) is 5.10 Å². The standard InChI is InChI=1S/C12H10N4O2/c1-7-6-14-11(18-7)12(17)16-9-5-3-2-4-8(9)10(13)15-16/h2-6H,1H3,(H2,13,15). The van der Waals surface area contributed by atoms with E-state index >= 15 is 0 Å². The van der Waals surface area contributed by atoms with Gasteiger partial charge in [0.25, 0.3) is 5.89 Å². The van der Waals surface area contributed by atoms with Crippen LogP contribution in [0, 0.1) is 6.92 Å². The molecule has 2 heterocycles. The number of anilines is 1. The van der Waals surface area contributed by atoms with Crippen LogP contribution in [0.4, 0.5) is 5.82 Å². The number of hydrogen-bond acceptors (Lipinski definition) is 5. The van der Waals surface area contributed by atoms with E-state index in [1.807, 2.05) is 18.2 Å². The molecule has 0 fully saturated rings. The minimum Gasteiger partial charge on any atom is -0.438 e. The zero-order chi connectivity index (χ0) is 12.7. The maximum Gasteiger partial charge on any atom is 0.334 e. The van der Waals surface area contributed by atoms with Crippen molar-refractivity contribution in [2.45, 2.75) is 6.92 Å². The van der Waals surface area contributed by atoms with Crippen LogP contribution in [-0.4, -0.2) is 20.7 Å². The van der Waals surface area contributed by atoms with E-state index in [-0.39, 0.29) is 5.89 Å². The van der Waals surface area contributed by atoms with Crippen LogP contribution < -0.4 is 5.73 Å². The lowest BCUT2D eigenvalue weighted by Crippen LogP contribution is -2.14. The Labute approximate surface area is 102 Å². The summed E-state index contributed by atoms with van der Waals surface area (Å²) < 4.78 is 6.40. The molecule has 0 aliphatic heterocycles. The van der Waals surface area contributed by atoms with Gasteiger partial charge < -0.3 is 10.2 Å². The minimum absolute atomic E-state index is 0.000697. The number of nitrogens with zero attached hydrogens (tertiary/aromatic N) is 3. The van der Waals surface area contributed by atoms with Gasteiger partial charge in [0.15, 0.2) is 5.82 Å². The van der Waals surface area contributed by atoms with E-state index in [9.17, 15) is 4.79 Å². The molecule has 0 bridgehead atoms. The number of oxazole rings is 1. The number of aromatic nitrogens is 3. The molecule has 0 aliphatic carbocycles. The molecule has 18 heavy (non-hydrogen) atoms. The lowest BCUT2D eigenvalue weighted by molar-refractivity contribution is 0.0915. The van der Waals surface area contributed by atoms with Gasteiger partial charge in [0, 0.05) is 5.39 Å². The fraction of sp³-hybridized carbons (Fsp3) is 0.0833. The summed E-state index contributed by atoms with van der Waals surface area (Å²) in [4.78, 5) is 16.1. The molecule has 3 rings (SSSR count). The number of fused-ring (bicyclic) bond motifs is 1. The maximum absolute atomic E-state index is 12.2. The van der Waals surface area contributed by atoms with E-state index in [2.05, 4.69) is 10.1 Å². The molecular formula is C12H10N4O2. The zero-order valence-corrected chi connectivity index (χ0v) is 9.62. The Morgan fingerprint density at radius 2 is 2.17 bits per heavy atom. The topological polar surface area (TPSA) is 86.9 Å². The van der Waals surface area contributed by atoms with Gasteiger partial charge in [-0.3, -0.25) is 4.79 Å². The quantitative estimate of drug-likeness (QED) is 0.700. The third-order valence-corrected chi connectivity index (χ3v) is 2.61. The molecule has 0 unspecified atom stereocenters. The molecule has 2 N–H and O–H groups in total. The number of aryl methyl sites for hydroxylation is 1. The molecule has 0 radical (unpaired) electrons. The van der Waals surface area contributed by atoms with Gasteiger partial charge in [-0.2, -0.15) is 4.68 Å². The molecular weight excluding hydrogens is 232 g/mol. The number of para-hydroxylation sites is 1. The molecule has 0 spiro atoms. The summed E-state index contributed by atoms with van der Waals surface area (Å²) in [6.45, 7) is 1.72. The van der Waals surface area contributed by atoms with Gasteiger partial charge in [0.05, 0.1) is 11.7 Å². The van der Waals surface area contributed by atoms with E-state index in [1.165, 1.54) is 10.9 Å². The number of nitrogens with two attached hydrogens (primary N) is 1.